The maximum atomic E-state index is 5.24. The molecule has 1 aliphatic carbocycles. The molecule has 0 aromatic heterocycles. The van der Waals surface area contributed by atoms with Gasteiger partial charge in [-0.3, -0.25) is 0 Å². The van der Waals surface area contributed by atoms with Crippen LogP contribution < -0.4 is 5.32 Å². The van der Waals surface area contributed by atoms with Gasteiger partial charge in [-0.2, -0.15) is 0 Å². The van der Waals surface area contributed by atoms with Crippen LogP contribution >= 0.6 is 0 Å². The highest BCUT2D eigenvalue weighted by Crippen LogP contribution is 2.33. The molecule has 96 valence electrons. The van der Waals surface area contributed by atoms with Crippen molar-refractivity contribution in [3.8, 4) is 0 Å². The van der Waals surface area contributed by atoms with Crippen LogP contribution in [0.3, 0.4) is 0 Å². The molecule has 0 aromatic carbocycles. The molecule has 3 unspecified atom stereocenters. The quantitative estimate of drug-likeness (QED) is 0.721. The van der Waals surface area contributed by atoms with Crippen molar-refractivity contribution in [3.05, 3.63) is 0 Å². The molecule has 0 bridgehead atoms. The van der Waals surface area contributed by atoms with Gasteiger partial charge in [-0.25, -0.2) is 0 Å². The Bertz CT molecular complexity index is 172. The Hall–Kier alpha value is -0.0800. The second-order valence-electron chi connectivity index (χ2n) is 5.19. The summed E-state index contributed by atoms with van der Waals surface area (Å²) in [5, 5.41) is 3.72. The summed E-state index contributed by atoms with van der Waals surface area (Å²) in [6.45, 7) is 6.67. The molecule has 0 heterocycles. The van der Waals surface area contributed by atoms with Crippen molar-refractivity contribution in [1.82, 2.24) is 5.32 Å². The van der Waals surface area contributed by atoms with E-state index >= 15 is 0 Å². The van der Waals surface area contributed by atoms with Gasteiger partial charge in [-0.1, -0.05) is 20.3 Å². The lowest BCUT2D eigenvalue weighted by Gasteiger charge is -2.36. The number of methoxy groups -OCH3 is 1. The highest BCUT2D eigenvalue weighted by atomic mass is 16.5. The second-order valence-corrected chi connectivity index (χ2v) is 5.19. The fraction of sp³-hybridized carbons (Fsp3) is 1.00. The smallest absolute Gasteiger partial charge is 0.0465 e. The second kappa shape index (κ2) is 8.08. The molecule has 0 saturated heterocycles. The number of hydrogen-bond donors (Lipinski definition) is 1. The van der Waals surface area contributed by atoms with Crippen LogP contribution in [0, 0.1) is 11.8 Å². The molecule has 16 heavy (non-hydrogen) atoms. The van der Waals surface area contributed by atoms with E-state index in [0.29, 0.717) is 0 Å². The fourth-order valence-electron chi connectivity index (χ4n) is 2.92. The maximum absolute atomic E-state index is 5.24. The summed E-state index contributed by atoms with van der Waals surface area (Å²) < 4.78 is 5.24. The fourth-order valence-corrected chi connectivity index (χ4v) is 2.92. The zero-order valence-electron chi connectivity index (χ0n) is 11.3. The van der Waals surface area contributed by atoms with Crippen molar-refractivity contribution >= 4 is 0 Å². The molecule has 0 aromatic rings. The Morgan fingerprint density at radius 2 is 2.06 bits per heavy atom. The summed E-state index contributed by atoms with van der Waals surface area (Å²) in [5.41, 5.74) is 0. The predicted octanol–water partition coefficient (Wildman–Crippen LogP) is 3.22. The van der Waals surface area contributed by atoms with Gasteiger partial charge in [0.1, 0.15) is 0 Å². The van der Waals surface area contributed by atoms with Gasteiger partial charge in [0.15, 0.2) is 0 Å². The Morgan fingerprint density at radius 3 is 2.69 bits per heavy atom. The normalized spacial score (nSPS) is 30.6. The van der Waals surface area contributed by atoms with Crippen molar-refractivity contribution in [2.75, 3.05) is 20.3 Å². The summed E-state index contributed by atoms with van der Waals surface area (Å²) in [5.74, 6) is 1.80. The maximum Gasteiger partial charge on any atom is 0.0465 e. The van der Waals surface area contributed by atoms with Gasteiger partial charge in [0.25, 0.3) is 0 Å². The van der Waals surface area contributed by atoms with Gasteiger partial charge >= 0.3 is 0 Å². The van der Waals surface area contributed by atoms with E-state index in [1.165, 1.54) is 45.1 Å². The third-order valence-corrected chi connectivity index (χ3v) is 4.02. The number of hydrogen-bond acceptors (Lipinski definition) is 2. The first-order chi connectivity index (χ1) is 7.81. The Balaban J connectivity index is 2.39. The predicted molar refractivity (Wildman–Crippen MR) is 69.7 cm³/mol. The van der Waals surface area contributed by atoms with Crippen molar-refractivity contribution in [2.24, 2.45) is 11.8 Å². The Kier molecular flexibility index (Phi) is 7.06. The molecule has 0 amide bonds. The monoisotopic (exact) mass is 227 g/mol. The molecular weight excluding hydrogens is 198 g/mol. The van der Waals surface area contributed by atoms with Crippen molar-refractivity contribution in [2.45, 2.75) is 58.4 Å². The Morgan fingerprint density at radius 1 is 1.25 bits per heavy atom. The SMILES string of the molecule is CCCNC1CCC(CC)CC1CCOC. The van der Waals surface area contributed by atoms with E-state index in [1.54, 1.807) is 0 Å². The minimum Gasteiger partial charge on any atom is -0.385 e. The lowest BCUT2D eigenvalue weighted by atomic mass is 9.75. The minimum atomic E-state index is 0.748. The molecule has 2 heteroatoms. The highest BCUT2D eigenvalue weighted by Gasteiger charge is 2.28. The number of rotatable bonds is 7. The van der Waals surface area contributed by atoms with Gasteiger partial charge in [-0.15, -0.1) is 0 Å². The van der Waals surface area contributed by atoms with Crippen molar-refractivity contribution in [3.63, 3.8) is 0 Å². The van der Waals surface area contributed by atoms with E-state index in [2.05, 4.69) is 19.2 Å². The van der Waals surface area contributed by atoms with Crippen LogP contribution in [0.5, 0.6) is 0 Å². The first-order valence-electron chi connectivity index (χ1n) is 7.04. The summed E-state index contributed by atoms with van der Waals surface area (Å²) in [6, 6.07) is 0.748. The van der Waals surface area contributed by atoms with Crippen molar-refractivity contribution < 1.29 is 4.74 Å². The highest BCUT2D eigenvalue weighted by molar-refractivity contribution is 4.84. The summed E-state index contributed by atoms with van der Waals surface area (Å²) in [6.07, 6.45) is 8.01. The lowest BCUT2D eigenvalue weighted by molar-refractivity contribution is 0.130. The zero-order valence-corrected chi connectivity index (χ0v) is 11.3. The topological polar surface area (TPSA) is 21.3 Å². The van der Waals surface area contributed by atoms with Gasteiger partial charge in [-0.05, 0) is 50.5 Å². The molecule has 0 aliphatic heterocycles. The molecule has 2 nitrogen and oxygen atoms in total. The van der Waals surface area contributed by atoms with Gasteiger partial charge < -0.3 is 10.1 Å². The van der Waals surface area contributed by atoms with E-state index < -0.39 is 0 Å². The van der Waals surface area contributed by atoms with Gasteiger partial charge in [0, 0.05) is 19.8 Å². The standard InChI is InChI=1S/C14H29NO/c1-4-9-15-14-7-6-12(5-2)11-13(14)8-10-16-3/h12-15H,4-11H2,1-3H3. The van der Waals surface area contributed by atoms with Gasteiger partial charge in [0.05, 0.1) is 0 Å². The number of ether oxygens (including phenoxy) is 1. The van der Waals surface area contributed by atoms with Crippen LogP contribution in [-0.4, -0.2) is 26.3 Å². The third-order valence-electron chi connectivity index (χ3n) is 4.02. The average molecular weight is 227 g/mol. The first kappa shape index (κ1) is 14.0. The molecule has 0 radical (unpaired) electrons. The molecule has 1 aliphatic rings. The van der Waals surface area contributed by atoms with Crippen LogP contribution in [0.15, 0.2) is 0 Å². The van der Waals surface area contributed by atoms with Crippen LogP contribution in [0.1, 0.15) is 52.4 Å². The molecule has 1 rings (SSSR count). The lowest BCUT2D eigenvalue weighted by Crippen LogP contribution is -2.41. The van der Waals surface area contributed by atoms with E-state index in [-0.39, 0.29) is 0 Å². The summed E-state index contributed by atoms with van der Waals surface area (Å²) >= 11 is 0. The summed E-state index contributed by atoms with van der Waals surface area (Å²) in [7, 11) is 1.81. The molecule has 1 N–H and O–H groups in total. The Labute approximate surface area is 101 Å². The van der Waals surface area contributed by atoms with Crippen LogP contribution in [0.25, 0.3) is 0 Å². The van der Waals surface area contributed by atoms with Gasteiger partial charge in [0.2, 0.25) is 0 Å². The van der Waals surface area contributed by atoms with Crippen LogP contribution in [0.4, 0.5) is 0 Å². The largest absolute Gasteiger partial charge is 0.385 e. The van der Waals surface area contributed by atoms with Crippen LogP contribution in [0.2, 0.25) is 0 Å². The average Bonchev–Trinajstić information content (AvgIpc) is 2.34. The van der Waals surface area contributed by atoms with E-state index in [0.717, 1.165) is 24.5 Å². The zero-order chi connectivity index (χ0) is 11.8. The van der Waals surface area contributed by atoms with E-state index in [9.17, 15) is 0 Å². The molecule has 0 spiro atoms. The number of nitrogens with one attached hydrogen (secondary N) is 1. The van der Waals surface area contributed by atoms with E-state index in [1.807, 2.05) is 7.11 Å². The van der Waals surface area contributed by atoms with Crippen molar-refractivity contribution in [1.29, 1.82) is 0 Å². The molecular formula is C14H29NO. The third kappa shape index (κ3) is 4.42. The summed E-state index contributed by atoms with van der Waals surface area (Å²) in [4.78, 5) is 0. The minimum absolute atomic E-state index is 0.748. The first-order valence-corrected chi connectivity index (χ1v) is 7.04. The van der Waals surface area contributed by atoms with E-state index in [4.69, 9.17) is 4.74 Å². The molecule has 1 saturated carbocycles. The van der Waals surface area contributed by atoms with Crippen LogP contribution in [-0.2, 0) is 4.74 Å². The molecule has 1 fully saturated rings. The molecule has 3 atom stereocenters.